The first kappa shape index (κ1) is 34.5. The molecule has 0 aromatic heterocycles. The largest absolute Gasteiger partial charge is 0.480 e. The van der Waals surface area contributed by atoms with Crippen molar-refractivity contribution in [3.8, 4) is 0 Å². The monoisotopic (exact) mass is 600 g/mol. The number of nitrogens with one attached hydrogen (secondary N) is 5. The summed E-state index contributed by atoms with van der Waals surface area (Å²) in [6, 6.07) is -1.61. The van der Waals surface area contributed by atoms with E-state index >= 15 is 0 Å². The van der Waals surface area contributed by atoms with Gasteiger partial charge in [0.25, 0.3) is 0 Å². The van der Waals surface area contributed by atoms with Gasteiger partial charge >= 0.3 is 18.1 Å². The number of aliphatic carboxylic acids is 1. The second kappa shape index (κ2) is 17.3. The number of urea groups is 1. The van der Waals surface area contributed by atoms with Crippen molar-refractivity contribution in [3.05, 3.63) is 0 Å². The quantitative estimate of drug-likeness (QED) is 0.0901. The average molecular weight is 601 g/mol. The lowest BCUT2D eigenvalue weighted by Gasteiger charge is -2.20. The number of unbranched alkanes of at least 4 members (excludes halogenated alkanes) is 3. The Morgan fingerprint density at radius 1 is 1.02 bits per heavy atom. The number of alkyl carbamates (subject to hydrolysis) is 1. The van der Waals surface area contributed by atoms with Crippen LogP contribution in [0.4, 0.5) is 9.59 Å². The maximum atomic E-state index is 12.4. The lowest BCUT2D eigenvalue weighted by molar-refractivity contribution is -0.142. The van der Waals surface area contributed by atoms with Crippen LogP contribution in [0.2, 0.25) is 0 Å². The third-order valence-electron chi connectivity index (χ3n) is 6.88. The van der Waals surface area contributed by atoms with Crippen molar-refractivity contribution in [1.82, 2.24) is 26.6 Å². The molecule has 0 aromatic rings. The molecule has 0 bridgehead atoms. The van der Waals surface area contributed by atoms with Crippen LogP contribution >= 0.6 is 11.8 Å². The smallest absolute Gasteiger partial charge is 0.407 e. The van der Waals surface area contributed by atoms with E-state index in [1.165, 1.54) is 0 Å². The highest BCUT2D eigenvalue weighted by Crippen LogP contribution is 2.33. The summed E-state index contributed by atoms with van der Waals surface area (Å²) >= 11 is 1.86. The van der Waals surface area contributed by atoms with Gasteiger partial charge in [0.2, 0.25) is 11.8 Å². The van der Waals surface area contributed by atoms with Gasteiger partial charge in [-0.15, -0.1) is 0 Å². The summed E-state index contributed by atoms with van der Waals surface area (Å²) in [5.41, 5.74) is 5.35. The fourth-order valence-electron chi connectivity index (χ4n) is 4.72. The standard InChI is InChI=1S/C27H48N6O7S/c1-27(2,3)40-26(39)30-15-8-6-10-17(28)23(35)31-18(24(36)37)11-7-9-14-29-21(34)13-5-4-12-20-22-19(16-41-20)32-25(38)33-22/h17-20,22H,4-16,28H2,1-3H3,(H,29,34)(H,30,39)(H,31,35)(H,36,37)(H2,32,33,38). The highest BCUT2D eigenvalue weighted by atomic mass is 32.2. The SMILES string of the molecule is CC(C)(C)OC(=O)NCCCCC(N)C(=O)NC(CCCCNC(=O)CCCCC1SCC2NC(=O)NC21)C(=O)O. The molecule has 8 N–H and O–H groups in total. The second-order valence-electron chi connectivity index (χ2n) is 11.6. The van der Waals surface area contributed by atoms with Crippen LogP contribution in [0.15, 0.2) is 0 Å². The van der Waals surface area contributed by atoms with Gasteiger partial charge in [-0.2, -0.15) is 11.8 Å². The highest BCUT2D eigenvalue weighted by Gasteiger charge is 2.42. The number of hydrogen-bond acceptors (Lipinski definition) is 8. The lowest BCUT2D eigenvalue weighted by Crippen LogP contribution is -2.48. The van der Waals surface area contributed by atoms with Crippen molar-refractivity contribution in [2.24, 2.45) is 5.73 Å². The van der Waals surface area contributed by atoms with E-state index in [0.717, 1.165) is 25.0 Å². The summed E-state index contributed by atoms with van der Waals surface area (Å²) in [5.74, 6) is -0.766. The number of amides is 5. The third-order valence-corrected chi connectivity index (χ3v) is 8.39. The number of carboxylic acids is 1. The minimum Gasteiger partial charge on any atom is -0.480 e. The van der Waals surface area contributed by atoms with E-state index in [-0.39, 0.29) is 30.4 Å². The van der Waals surface area contributed by atoms with Crippen LogP contribution in [0, 0.1) is 0 Å². The molecular weight excluding hydrogens is 552 g/mol. The Bertz CT molecular complexity index is 900. The second-order valence-corrected chi connectivity index (χ2v) is 12.9. The van der Waals surface area contributed by atoms with Crippen LogP contribution in [0.25, 0.3) is 0 Å². The summed E-state index contributed by atoms with van der Waals surface area (Å²) in [6.45, 7) is 6.16. The lowest BCUT2D eigenvalue weighted by atomic mass is 10.0. The van der Waals surface area contributed by atoms with Gasteiger partial charge in [0.1, 0.15) is 11.6 Å². The van der Waals surface area contributed by atoms with Crippen molar-refractivity contribution in [1.29, 1.82) is 0 Å². The predicted octanol–water partition coefficient (Wildman–Crippen LogP) is 1.59. The van der Waals surface area contributed by atoms with E-state index in [1.807, 2.05) is 11.8 Å². The summed E-state index contributed by atoms with van der Waals surface area (Å²) in [4.78, 5) is 59.2. The Morgan fingerprint density at radius 2 is 1.71 bits per heavy atom. The topological polar surface area (TPSA) is 201 Å². The van der Waals surface area contributed by atoms with E-state index in [2.05, 4.69) is 26.6 Å². The first-order chi connectivity index (χ1) is 19.4. The molecule has 0 saturated carbocycles. The first-order valence-corrected chi connectivity index (χ1v) is 15.6. The molecule has 13 nitrogen and oxygen atoms in total. The van der Waals surface area contributed by atoms with E-state index < -0.39 is 35.7 Å². The van der Waals surface area contributed by atoms with Crippen molar-refractivity contribution >= 4 is 41.7 Å². The van der Waals surface area contributed by atoms with Crippen LogP contribution in [-0.4, -0.2) is 88.9 Å². The number of nitrogens with two attached hydrogens (primary N) is 1. The Morgan fingerprint density at radius 3 is 2.39 bits per heavy atom. The van der Waals surface area contributed by atoms with Crippen LogP contribution in [0.1, 0.15) is 85.0 Å². The molecule has 5 unspecified atom stereocenters. The van der Waals surface area contributed by atoms with Crippen LogP contribution in [0.3, 0.4) is 0 Å². The number of thioether (sulfide) groups is 1. The van der Waals surface area contributed by atoms with E-state index in [1.54, 1.807) is 20.8 Å². The minimum absolute atomic E-state index is 0.0341. The molecule has 5 atom stereocenters. The van der Waals surface area contributed by atoms with Crippen LogP contribution in [0.5, 0.6) is 0 Å². The zero-order chi connectivity index (χ0) is 30.4. The van der Waals surface area contributed by atoms with E-state index in [9.17, 15) is 29.1 Å². The Balaban J connectivity index is 1.50. The molecule has 41 heavy (non-hydrogen) atoms. The Labute approximate surface area is 246 Å². The Kier molecular flexibility index (Phi) is 14.5. The van der Waals surface area contributed by atoms with Gasteiger partial charge in [-0.05, 0) is 72.1 Å². The zero-order valence-electron chi connectivity index (χ0n) is 24.5. The first-order valence-electron chi connectivity index (χ1n) is 14.6. The van der Waals surface area contributed by atoms with E-state index in [4.69, 9.17) is 10.5 Å². The number of hydrogen-bond donors (Lipinski definition) is 7. The van der Waals surface area contributed by atoms with E-state index in [0.29, 0.717) is 56.9 Å². The number of carbonyl (C=O) groups excluding carboxylic acids is 4. The molecule has 2 rings (SSSR count). The Hall–Kier alpha value is -2.74. The predicted molar refractivity (Wildman–Crippen MR) is 156 cm³/mol. The van der Waals surface area contributed by atoms with Crippen molar-refractivity contribution in [2.45, 2.75) is 120 Å². The van der Waals surface area contributed by atoms with Crippen molar-refractivity contribution in [2.75, 3.05) is 18.8 Å². The molecule has 234 valence electrons. The molecular formula is C27H48N6O7S. The zero-order valence-corrected chi connectivity index (χ0v) is 25.3. The van der Waals surface area contributed by atoms with Gasteiger partial charge in [0.15, 0.2) is 0 Å². The molecule has 0 spiro atoms. The summed E-state index contributed by atoms with van der Waals surface area (Å²) < 4.78 is 5.15. The van der Waals surface area contributed by atoms with Gasteiger partial charge in [-0.25, -0.2) is 14.4 Å². The van der Waals surface area contributed by atoms with Gasteiger partial charge in [0.05, 0.1) is 18.1 Å². The summed E-state index contributed by atoms with van der Waals surface area (Å²) in [5, 5.41) is 23.8. The fraction of sp³-hybridized carbons (Fsp3) is 0.815. The number of carboxylic acid groups (broad SMARTS) is 1. The highest BCUT2D eigenvalue weighted by molar-refractivity contribution is 8.00. The molecule has 14 heteroatoms. The summed E-state index contributed by atoms with van der Waals surface area (Å²) in [6.07, 6.45) is 5.45. The fourth-order valence-corrected chi connectivity index (χ4v) is 6.27. The minimum atomic E-state index is -1.13. The number of rotatable bonds is 18. The molecule has 2 aliphatic rings. The molecule has 5 amide bonds. The molecule has 2 heterocycles. The van der Waals surface area contributed by atoms with Gasteiger partial charge in [-0.3, -0.25) is 9.59 Å². The third kappa shape index (κ3) is 13.6. The molecule has 2 aliphatic heterocycles. The average Bonchev–Trinajstić information content (AvgIpc) is 3.43. The molecule has 0 aliphatic carbocycles. The molecule has 2 saturated heterocycles. The van der Waals surface area contributed by atoms with Crippen molar-refractivity contribution in [3.63, 3.8) is 0 Å². The molecule has 0 aromatic carbocycles. The van der Waals surface area contributed by atoms with Crippen molar-refractivity contribution < 1.29 is 33.8 Å². The van der Waals surface area contributed by atoms with Crippen LogP contribution < -0.4 is 32.3 Å². The number of ether oxygens (including phenoxy) is 1. The maximum absolute atomic E-state index is 12.4. The molecule has 2 fully saturated rings. The maximum Gasteiger partial charge on any atom is 0.407 e. The normalized spacial score (nSPS) is 21.2. The van der Waals surface area contributed by atoms with Gasteiger partial charge < -0.3 is 42.2 Å². The van der Waals surface area contributed by atoms with Crippen LogP contribution in [-0.2, 0) is 19.1 Å². The van der Waals surface area contributed by atoms with Gasteiger partial charge in [-0.1, -0.05) is 6.42 Å². The van der Waals surface area contributed by atoms with Gasteiger partial charge in [0, 0.05) is 30.5 Å². The molecule has 0 radical (unpaired) electrons. The summed E-state index contributed by atoms with van der Waals surface area (Å²) in [7, 11) is 0. The number of fused-ring (bicyclic) bond motifs is 1. The number of carbonyl (C=O) groups is 5.